The molecule has 0 fully saturated rings. The van der Waals surface area contributed by atoms with Crippen LogP contribution in [0.3, 0.4) is 0 Å². The third-order valence-electron chi connectivity index (χ3n) is 4.31. The summed E-state index contributed by atoms with van der Waals surface area (Å²) >= 11 is 6.32. The van der Waals surface area contributed by atoms with Gasteiger partial charge in [0.2, 0.25) is 0 Å². The molecule has 6 heteroatoms. The summed E-state index contributed by atoms with van der Waals surface area (Å²) in [5.41, 5.74) is 6.09. The molecule has 0 aliphatic heterocycles. The molecular formula is C22H16ClFN4. The smallest absolute Gasteiger partial charge is 0.163 e. The first-order chi connectivity index (χ1) is 13.6. The quantitative estimate of drug-likeness (QED) is 0.347. The van der Waals surface area contributed by atoms with Gasteiger partial charge in [0.15, 0.2) is 11.6 Å². The topological polar surface area (TPSA) is 50.2 Å². The van der Waals surface area contributed by atoms with E-state index in [0.717, 1.165) is 22.0 Å². The molecule has 4 rings (SSSR count). The predicted octanol–water partition coefficient (Wildman–Crippen LogP) is 5.93. The number of hydrogen-bond acceptors (Lipinski definition) is 4. The van der Waals surface area contributed by atoms with Gasteiger partial charge in [0.1, 0.15) is 5.82 Å². The first-order valence-electron chi connectivity index (χ1n) is 8.70. The zero-order valence-electron chi connectivity index (χ0n) is 15.0. The summed E-state index contributed by atoms with van der Waals surface area (Å²) in [5.74, 6) is 0.805. The van der Waals surface area contributed by atoms with E-state index in [1.54, 1.807) is 18.2 Å². The van der Waals surface area contributed by atoms with Crippen LogP contribution in [0.15, 0.2) is 77.9 Å². The highest BCUT2D eigenvalue weighted by Gasteiger charge is 2.11. The molecule has 0 unspecified atom stereocenters. The molecule has 0 spiro atoms. The summed E-state index contributed by atoms with van der Waals surface area (Å²) in [5, 5.41) is 5.84. The van der Waals surface area contributed by atoms with Gasteiger partial charge in [-0.25, -0.2) is 14.4 Å². The monoisotopic (exact) mass is 390 g/mol. The number of anilines is 1. The van der Waals surface area contributed by atoms with E-state index in [1.165, 1.54) is 12.1 Å². The van der Waals surface area contributed by atoms with Gasteiger partial charge < -0.3 is 0 Å². The largest absolute Gasteiger partial charge is 0.260 e. The summed E-state index contributed by atoms with van der Waals surface area (Å²) < 4.78 is 13.1. The van der Waals surface area contributed by atoms with E-state index in [2.05, 4.69) is 20.5 Å². The highest BCUT2D eigenvalue weighted by Crippen LogP contribution is 2.29. The number of para-hydroxylation sites is 1. The second kappa shape index (κ2) is 7.74. The van der Waals surface area contributed by atoms with Gasteiger partial charge in [-0.05, 0) is 48.9 Å². The average molecular weight is 391 g/mol. The maximum Gasteiger partial charge on any atom is 0.163 e. The molecule has 28 heavy (non-hydrogen) atoms. The van der Waals surface area contributed by atoms with Crippen molar-refractivity contribution in [1.82, 2.24) is 9.97 Å². The van der Waals surface area contributed by atoms with E-state index in [-0.39, 0.29) is 5.82 Å². The fourth-order valence-electron chi connectivity index (χ4n) is 2.82. The number of rotatable bonds is 4. The molecule has 0 bridgehead atoms. The Hall–Kier alpha value is -3.31. The molecule has 0 amide bonds. The van der Waals surface area contributed by atoms with Crippen LogP contribution < -0.4 is 5.43 Å². The zero-order valence-corrected chi connectivity index (χ0v) is 15.8. The van der Waals surface area contributed by atoms with Crippen LogP contribution in [0.25, 0.3) is 22.3 Å². The number of aromatic nitrogens is 2. The van der Waals surface area contributed by atoms with E-state index < -0.39 is 0 Å². The second-order valence-electron chi connectivity index (χ2n) is 6.21. The third kappa shape index (κ3) is 3.70. The number of fused-ring (bicyclic) bond motifs is 1. The number of hydrazone groups is 1. The van der Waals surface area contributed by atoms with Crippen LogP contribution in [-0.2, 0) is 0 Å². The minimum atomic E-state index is -0.282. The van der Waals surface area contributed by atoms with Crippen molar-refractivity contribution in [3.63, 3.8) is 0 Å². The van der Waals surface area contributed by atoms with E-state index >= 15 is 0 Å². The predicted molar refractivity (Wildman–Crippen MR) is 112 cm³/mol. The Morgan fingerprint density at radius 1 is 0.929 bits per heavy atom. The summed E-state index contributed by atoms with van der Waals surface area (Å²) in [6, 6.07) is 21.3. The van der Waals surface area contributed by atoms with Crippen molar-refractivity contribution in [3.05, 3.63) is 89.2 Å². The van der Waals surface area contributed by atoms with Crippen LogP contribution in [0.1, 0.15) is 12.5 Å². The maximum atomic E-state index is 13.1. The first kappa shape index (κ1) is 18.1. The molecule has 1 heterocycles. The van der Waals surface area contributed by atoms with Gasteiger partial charge in [-0.3, -0.25) is 5.43 Å². The number of hydrogen-bond donors (Lipinski definition) is 1. The molecule has 0 aliphatic rings. The third-order valence-corrected chi connectivity index (χ3v) is 4.64. The van der Waals surface area contributed by atoms with Gasteiger partial charge in [-0.15, -0.1) is 0 Å². The van der Waals surface area contributed by atoms with Gasteiger partial charge in [-0.2, -0.15) is 5.10 Å². The van der Waals surface area contributed by atoms with E-state index in [1.807, 2.05) is 49.4 Å². The lowest BCUT2D eigenvalue weighted by molar-refractivity contribution is 0.628. The maximum absolute atomic E-state index is 13.1. The van der Waals surface area contributed by atoms with E-state index in [0.29, 0.717) is 22.4 Å². The molecule has 1 aromatic heterocycles. The average Bonchev–Trinajstić information content (AvgIpc) is 2.72. The van der Waals surface area contributed by atoms with Crippen molar-refractivity contribution in [3.8, 4) is 11.4 Å². The van der Waals surface area contributed by atoms with Crippen molar-refractivity contribution in [2.45, 2.75) is 6.92 Å². The van der Waals surface area contributed by atoms with E-state index in [9.17, 15) is 4.39 Å². The Balaban J connectivity index is 1.76. The van der Waals surface area contributed by atoms with Crippen LogP contribution in [0, 0.1) is 5.82 Å². The van der Waals surface area contributed by atoms with Gasteiger partial charge in [0, 0.05) is 10.9 Å². The van der Waals surface area contributed by atoms with Crippen molar-refractivity contribution < 1.29 is 4.39 Å². The molecule has 0 saturated heterocycles. The molecule has 4 aromatic rings. The lowest BCUT2D eigenvalue weighted by Crippen LogP contribution is -2.03. The molecule has 0 saturated carbocycles. The second-order valence-corrected chi connectivity index (χ2v) is 6.62. The van der Waals surface area contributed by atoms with Crippen LogP contribution in [0.5, 0.6) is 0 Å². The Bertz CT molecular complexity index is 1170. The van der Waals surface area contributed by atoms with Crippen molar-refractivity contribution >= 4 is 34.0 Å². The normalized spacial score (nSPS) is 11.6. The van der Waals surface area contributed by atoms with Crippen molar-refractivity contribution in [1.29, 1.82) is 0 Å². The minimum absolute atomic E-state index is 0.282. The number of nitrogens with one attached hydrogen (secondary N) is 1. The first-order valence-corrected chi connectivity index (χ1v) is 9.07. The lowest BCUT2D eigenvalue weighted by atomic mass is 10.1. The van der Waals surface area contributed by atoms with Crippen LogP contribution in [0.2, 0.25) is 5.02 Å². The van der Waals surface area contributed by atoms with Crippen molar-refractivity contribution in [2.24, 2.45) is 5.10 Å². The summed E-state index contributed by atoms with van der Waals surface area (Å²) in [6.45, 7) is 1.85. The van der Waals surface area contributed by atoms with Gasteiger partial charge in [-0.1, -0.05) is 48.0 Å². The summed E-state index contributed by atoms with van der Waals surface area (Å²) in [6.07, 6.45) is 0. The molecule has 4 nitrogen and oxygen atoms in total. The number of nitrogens with zero attached hydrogens (tertiary/aromatic N) is 3. The van der Waals surface area contributed by atoms with Gasteiger partial charge >= 0.3 is 0 Å². The SMILES string of the molecule is C/C(=N/Nc1nc(-c2ccccc2Cl)nc2ccccc12)c1ccc(F)cc1. The Morgan fingerprint density at radius 3 is 2.43 bits per heavy atom. The molecule has 138 valence electrons. The Labute approximate surface area is 166 Å². The van der Waals surface area contributed by atoms with Crippen LogP contribution in [0.4, 0.5) is 10.2 Å². The van der Waals surface area contributed by atoms with E-state index in [4.69, 9.17) is 11.6 Å². The highest BCUT2D eigenvalue weighted by atomic mass is 35.5. The van der Waals surface area contributed by atoms with Crippen molar-refractivity contribution in [2.75, 3.05) is 5.43 Å². The fourth-order valence-corrected chi connectivity index (χ4v) is 3.04. The number of halogens is 2. The molecule has 0 aliphatic carbocycles. The van der Waals surface area contributed by atoms with Crippen LogP contribution >= 0.6 is 11.6 Å². The standard InChI is InChI=1S/C22H16ClFN4/c1-14(15-10-12-16(24)13-11-15)27-28-22-18-7-3-5-9-20(18)25-21(26-22)17-6-2-4-8-19(17)23/h2-13H,1H3,(H,25,26,28)/b27-14-. The Kier molecular flexibility index (Phi) is 5.00. The zero-order chi connectivity index (χ0) is 19.5. The molecule has 0 radical (unpaired) electrons. The van der Waals surface area contributed by atoms with Gasteiger partial charge in [0.05, 0.1) is 16.3 Å². The summed E-state index contributed by atoms with van der Waals surface area (Å²) in [4.78, 5) is 9.27. The van der Waals surface area contributed by atoms with Crippen LogP contribution in [-0.4, -0.2) is 15.7 Å². The molecule has 1 N–H and O–H groups in total. The molecular weight excluding hydrogens is 375 g/mol. The molecule has 3 aromatic carbocycles. The number of benzene rings is 3. The van der Waals surface area contributed by atoms with Gasteiger partial charge in [0.25, 0.3) is 0 Å². The lowest BCUT2D eigenvalue weighted by Gasteiger charge is -2.10. The fraction of sp³-hybridized carbons (Fsp3) is 0.0455. The Morgan fingerprint density at radius 2 is 1.64 bits per heavy atom. The minimum Gasteiger partial charge on any atom is -0.260 e. The highest BCUT2D eigenvalue weighted by molar-refractivity contribution is 6.33. The molecule has 0 atom stereocenters. The summed E-state index contributed by atoms with van der Waals surface area (Å²) in [7, 11) is 0.